The van der Waals surface area contributed by atoms with Crippen molar-refractivity contribution < 1.29 is 4.21 Å². The molecule has 0 saturated heterocycles. The summed E-state index contributed by atoms with van der Waals surface area (Å²) in [6, 6.07) is 1.95. The van der Waals surface area contributed by atoms with Gasteiger partial charge in [-0.25, -0.2) is 0 Å². The van der Waals surface area contributed by atoms with E-state index in [1.54, 1.807) is 17.6 Å². The highest BCUT2D eigenvalue weighted by Gasteiger charge is 1.97. The average molecular weight is 238 g/mol. The third kappa shape index (κ3) is 4.76. The lowest BCUT2D eigenvalue weighted by atomic mass is 10.4. The molecule has 0 fully saturated rings. The fourth-order valence-corrected chi connectivity index (χ4v) is 2.35. The molecular weight excluding hydrogens is 226 g/mol. The molecule has 0 radical (unpaired) electrons. The van der Waals surface area contributed by atoms with Crippen molar-refractivity contribution in [3.63, 3.8) is 0 Å². The highest BCUT2D eigenvalue weighted by Crippen LogP contribution is 2.18. The lowest BCUT2D eigenvalue weighted by Crippen LogP contribution is -2.18. The first-order chi connectivity index (χ1) is 6.18. The molecule has 0 aliphatic heterocycles. The maximum atomic E-state index is 10.7. The van der Waals surface area contributed by atoms with Crippen LogP contribution in [0.5, 0.6) is 0 Å². The molecule has 13 heavy (non-hydrogen) atoms. The molecule has 0 aliphatic carbocycles. The van der Waals surface area contributed by atoms with E-state index in [0.29, 0.717) is 5.75 Å². The zero-order chi connectivity index (χ0) is 9.68. The Morgan fingerprint density at radius 3 is 3.00 bits per heavy atom. The molecule has 1 rings (SSSR count). The second-order valence-corrected chi connectivity index (χ2v) is 5.67. The Morgan fingerprint density at radius 2 is 2.46 bits per heavy atom. The van der Waals surface area contributed by atoms with Gasteiger partial charge in [0.25, 0.3) is 0 Å². The predicted octanol–water partition coefficient (Wildman–Crippen LogP) is 1.87. The normalized spacial score (nSPS) is 13.1. The number of thiophene rings is 1. The Labute approximate surface area is 89.8 Å². The maximum Gasteiger partial charge on any atom is 0.0516 e. The van der Waals surface area contributed by atoms with Gasteiger partial charge in [0, 0.05) is 46.2 Å². The summed E-state index contributed by atoms with van der Waals surface area (Å²) in [6.07, 6.45) is 1.71. The molecule has 5 heteroatoms. The SMILES string of the molecule is CS(=O)CCNCc1cc(Cl)cs1. The van der Waals surface area contributed by atoms with Crippen LogP contribution in [0.15, 0.2) is 11.4 Å². The maximum absolute atomic E-state index is 10.7. The molecular formula is C8H12ClNOS2. The van der Waals surface area contributed by atoms with Crippen LogP contribution in [0.1, 0.15) is 4.88 Å². The predicted molar refractivity (Wildman–Crippen MR) is 60.0 cm³/mol. The highest BCUT2D eigenvalue weighted by atomic mass is 35.5. The van der Waals surface area contributed by atoms with Gasteiger partial charge in [-0.1, -0.05) is 11.6 Å². The summed E-state index contributed by atoms with van der Waals surface area (Å²) in [7, 11) is -0.703. The van der Waals surface area contributed by atoms with Crippen LogP contribution in [0.3, 0.4) is 0 Å². The van der Waals surface area contributed by atoms with Gasteiger partial charge in [0.15, 0.2) is 0 Å². The topological polar surface area (TPSA) is 29.1 Å². The van der Waals surface area contributed by atoms with Gasteiger partial charge in [-0.2, -0.15) is 0 Å². The Hall–Kier alpha value is 0.1000. The standard InChI is InChI=1S/C8H12ClNOS2/c1-13(11)3-2-10-5-8-4-7(9)6-12-8/h4,6,10H,2-3,5H2,1H3. The molecule has 1 unspecified atom stereocenters. The van der Waals surface area contributed by atoms with Gasteiger partial charge in [0.1, 0.15) is 0 Å². The molecule has 1 atom stereocenters. The summed E-state index contributed by atoms with van der Waals surface area (Å²) in [5.41, 5.74) is 0. The van der Waals surface area contributed by atoms with Crippen molar-refractivity contribution in [1.29, 1.82) is 0 Å². The first-order valence-corrected chi connectivity index (χ1v) is 6.90. The molecule has 0 bridgehead atoms. The number of nitrogens with one attached hydrogen (secondary N) is 1. The van der Waals surface area contributed by atoms with Crippen molar-refractivity contribution in [2.75, 3.05) is 18.6 Å². The molecule has 0 saturated carbocycles. The first kappa shape index (κ1) is 11.2. The van der Waals surface area contributed by atoms with Crippen molar-refractivity contribution in [3.05, 3.63) is 21.3 Å². The molecule has 1 aromatic rings. The summed E-state index contributed by atoms with van der Waals surface area (Å²) in [5, 5.41) is 5.91. The van der Waals surface area contributed by atoms with E-state index in [-0.39, 0.29) is 0 Å². The molecule has 0 spiro atoms. The van der Waals surface area contributed by atoms with Gasteiger partial charge in [-0.15, -0.1) is 11.3 Å². The summed E-state index contributed by atoms with van der Waals surface area (Å²) in [4.78, 5) is 1.21. The third-order valence-electron chi connectivity index (χ3n) is 1.49. The lowest BCUT2D eigenvalue weighted by Gasteiger charge is -1.99. The average Bonchev–Trinajstić information content (AvgIpc) is 2.45. The Balaban J connectivity index is 2.16. The number of rotatable bonds is 5. The van der Waals surface area contributed by atoms with Crippen LogP contribution in [-0.2, 0) is 17.3 Å². The van der Waals surface area contributed by atoms with Crippen LogP contribution in [0.25, 0.3) is 0 Å². The molecule has 1 heterocycles. The fraction of sp³-hybridized carbons (Fsp3) is 0.500. The van der Waals surface area contributed by atoms with Crippen LogP contribution >= 0.6 is 22.9 Å². The zero-order valence-electron chi connectivity index (χ0n) is 7.38. The van der Waals surface area contributed by atoms with Crippen molar-refractivity contribution >= 4 is 33.7 Å². The van der Waals surface area contributed by atoms with E-state index >= 15 is 0 Å². The molecule has 74 valence electrons. The minimum absolute atomic E-state index is 0.703. The lowest BCUT2D eigenvalue weighted by molar-refractivity contribution is 0.678. The summed E-state index contributed by atoms with van der Waals surface area (Å²) in [6.45, 7) is 1.60. The van der Waals surface area contributed by atoms with E-state index in [1.165, 1.54) is 4.88 Å². The zero-order valence-corrected chi connectivity index (χ0v) is 9.77. The van der Waals surface area contributed by atoms with E-state index in [0.717, 1.165) is 18.1 Å². The summed E-state index contributed by atoms with van der Waals surface area (Å²) in [5.74, 6) is 0.707. The minimum Gasteiger partial charge on any atom is -0.311 e. The number of hydrogen-bond acceptors (Lipinski definition) is 3. The van der Waals surface area contributed by atoms with E-state index in [4.69, 9.17) is 11.6 Å². The van der Waals surface area contributed by atoms with Crippen molar-refractivity contribution in [1.82, 2.24) is 5.32 Å². The van der Waals surface area contributed by atoms with Crippen LogP contribution < -0.4 is 5.32 Å². The van der Waals surface area contributed by atoms with Gasteiger partial charge in [-0.05, 0) is 6.07 Å². The third-order valence-corrected chi connectivity index (χ3v) is 3.55. The van der Waals surface area contributed by atoms with Gasteiger partial charge in [0.2, 0.25) is 0 Å². The summed E-state index contributed by atoms with van der Waals surface area (Å²) < 4.78 is 10.7. The van der Waals surface area contributed by atoms with Crippen molar-refractivity contribution in [3.8, 4) is 0 Å². The Morgan fingerprint density at radius 1 is 1.69 bits per heavy atom. The van der Waals surface area contributed by atoms with Crippen molar-refractivity contribution in [2.45, 2.75) is 6.54 Å². The quantitative estimate of drug-likeness (QED) is 0.793. The minimum atomic E-state index is -0.703. The number of hydrogen-bond donors (Lipinski definition) is 1. The van der Waals surface area contributed by atoms with E-state index in [2.05, 4.69) is 5.32 Å². The van der Waals surface area contributed by atoms with E-state index < -0.39 is 10.8 Å². The molecule has 0 amide bonds. The second kappa shape index (κ2) is 5.75. The van der Waals surface area contributed by atoms with Gasteiger partial charge in [-0.3, -0.25) is 4.21 Å². The van der Waals surface area contributed by atoms with Gasteiger partial charge >= 0.3 is 0 Å². The van der Waals surface area contributed by atoms with Crippen LogP contribution in [0.2, 0.25) is 5.02 Å². The molecule has 0 aliphatic rings. The van der Waals surface area contributed by atoms with Gasteiger partial charge < -0.3 is 5.32 Å². The van der Waals surface area contributed by atoms with E-state index in [1.807, 2.05) is 11.4 Å². The number of halogens is 1. The molecule has 1 aromatic heterocycles. The van der Waals surface area contributed by atoms with Gasteiger partial charge in [0.05, 0.1) is 5.02 Å². The Kier molecular flexibility index (Phi) is 4.94. The smallest absolute Gasteiger partial charge is 0.0516 e. The summed E-state index contributed by atoms with van der Waals surface area (Å²) >= 11 is 7.40. The first-order valence-electron chi connectivity index (χ1n) is 3.92. The van der Waals surface area contributed by atoms with Crippen LogP contribution in [-0.4, -0.2) is 22.8 Å². The highest BCUT2D eigenvalue weighted by molar-refractivity contribution is 7.84. The molecule has 1 N–H and O–H groups in total. The van der Waals surface area contributed by atoms with Crippen molar-refractivity contribution in [2.24, 2.45) is 0 Å². The van der Waals surface area contributed by atoms with Crippen LogP contribution in [0, 0.1) is 0 Å². The Bertz CT molecular complexity index is 287. The monoisotopic (exact) mass is 237 g/mol. The largest absolute Gasteiger partial charge is 0.311 e. The van der Waals surface area contributed by atoms with Crippen LogP contribution in [0.4, 0.5) is 0 Å². The molecule has 2 nitrogen and oxygen atoms in total. The second-order valence-electron chi connectivity index (χ2n) is 2.69. The molecule has 0 aromatic carbocycles. The fourth-order valence-electron chi connectivity index (χ4n) is 0.874. The van der Waals surface area contributed by atoms with E-state index in [9.17, 15) is 4.21 Å².